The van der Waals surface area contributed by atoms with E-state index >= 15 is 0 Å². The minimum absolute atomic E-state index is 0.766. The average Bonchev–Trinajstić information content (AvgIpc) is 2.39. The first kappa shape index (κ1) is 14.2. The van der Waals surface area contributed by atoms with Gasteiger partial charge in [-0.1, -0.05) is 28.9 Å². The van der Waals surface area contributed by atoms with E-state index in [9.17, 15) is 0 Å². The molecule has 0 spiro atoms. The molecule has 100 valence electrons. The minimum atomic E-state index is 0.766. The molecular weight excluding hydrogens is 302 g/mol. The summed E-state index contributed by atoms with van der Waals surface area (Å²) < 4.78 is 1.03. The number of rotatable bonds is 5. The normalized spacial score (nSPS) is 10.7. The Hall–Kier alpha value is -1.26. The highest BCUT2D eigenvalue weighted by atomic mass is 79.9. The Morgan fingerprint density at radius 3 is 2.84 bits per heavy atom. The van der Waals surface area contributed by atoms with E-state index in [4.69, 9.17) is 0 Å². The topological polar surface area (TPSA) is 37.8 Å². The van der Waals surface area contributed by atoms with Gasteiger partial charge in [0.05, 0.1) is 5.69 Å². The molecule has 0 aliphatic carbocycles. The van der Waals surface area contributed by atoms with Crippen LogP contribution in [-0.2, 0) is 6.54 Å². The molecule has 1 N–H and O–H groups in total. The molecule has 2 rings (SSSR count). The SMILES string of the molecule is CCCNCc1ccnc(-c2ccc(C)cc2Br)n1. The maximum atomic E-state index is 4.60. The lowest BCUT2D eigenvalue weighted by Crippen LogP contribution is -2.15. The van der Waals surface area contributed by atoms with Gasteiger partial charge in [-0.3, -0.25) is 0 Å². The van der Waals surface area contributed by atoms with Crippen molar-refractivity contribution in [2.75, 3.05) is 6.54 Å². The van der Waals surface area contributed by atoms with Crippen molar-refractivity contribution in [2.24, 2.45) is 0 Å². The van der Waals surface area contributed by atoms with Crippen molar-refractivity contribution >= 4 is 15.9 Å². The third kappa shape index (κ3) is 3.85. The van der Waals surface area contributed by atoms with Crippen LogP contribution in [0.5, 0.6) is 0 Å². The van der Waals surface area contributed by atoms with Crippen LogP contribution in [0.25, 0.3) is 11.4 Å². The molecule has 1 heterocycles. The number of aromatic nitrogens is 2. The third-order valence-corrected chi connectivity index (χ3v) is 3.47. The second kappa shape index (κ2) is 6.78. The molecule has 0 atom stereocenters. The number of hydrogen-bond acceptors (Lipinski definition) is 3. The minimum Gasteiger partial charge on any atom is -0.311 e. The van der Waals surface area contributed by atoms with Crippen LogP contribution in [0.2, 0.25) is 0 Å². The Morgan fingerprint density at radius 1 is 1.26 bits per heavy atom. The molecule has 0 radical (unpaired) electrons. The van der Waals surface area contributed by atoms with Crippen molar-refractivity contribution in [3.05, 3.63) is 46.2 Å². The highest BCUT2D eigenvalue weighted by molar-refractivity contribution is 9.10. The lowest BCUT2D eigenvalue weighted by molar-refractivity contribution is 0.663. The molecule has 0 aliphatic rings. The molecule has 1 aromatic carbocycles. The van der Waals surface area contributed by atoms with E-state index < -0.39 is 0 Å². The quantitative estimate of drug-likeness (QED) is 0.854. The van der Waals surface area contributed by atoms with Gasteiger partial charge in [0.15, 0.2) is 5.82 Å². The molecular formula is C15H18BrN3. The summed E-state index contributed by atoms with van der Waals surface area (Å²) in [6.45, 7) is 6.02. The highest BCUT2D eigenvalue weighted by Crippen LogP contribution is 2.26. The van der Waals surface area contributed by atoms with Gasteiger partial charge in [-0.05, 0) is 43.7 Å². The molecule has 4 heteroatoms. The van der Waals surface area contributed by atoms with Gasteiger partial charge in [0, 0.05) is 22.8 Å². The summed E-state index contributed by atoms with van der Waals surface area (Å²) in [5.74, 6) is 0.766. The van der Waals surface area contributed by atoms with Crippen molar-refractivity contribution in [3.8, 4) is 11.4 Å². The molecule has 0 fully saturated rings. The van der Waals surface area contributed by atoms with Crippen LogP contribution in [0, 0.1) is 6.92 Å². The predicted octanol–water partition coefficient (Wildman–Crippen LogP) is 3.71. The predicted molar refractivity (Wildman–Crippen MR) is 81.9 cm³/mol. The van der Waals surface area contributed by atoms with Crippen molar-refractivity contribution in [1.82, 2.24) is 15.3 Å². The summed E-state index contributed by atoms with van der Waals surface area (Å²) in [6, 6.07) is 8.17. The summed E-state index contributed by atoms with van der Waals surface area (Å²) in [7, 11) is 0. The molecule has 0 saturated heterocycles. The maximum Gasteiger partial charge on any atom is 0.160 e. The Morgan fingerprint density at radius 2 is 2.11 bits per heavy atom. The van der Waals surface area contributed by atoms with Gasteiger partial charge in [0.1, 0.15) is 0 Å². The Bertz CT molecular complexity index is 555. The summed E-state index contributed by atoms with van der Waals surface area (Å²) in [6.07, 6.45) is 2.94. The molecule has 2 aromatic rings. The van der Waals surface area contributed by atoms with Crippen LogP contribution in [0.15, 0.2) is 34.9 Å². The van der Waals surface area contributed by atoms with Crippen LogP contribution in [0.3, 0.4) is 0 Å². The number of nitrogens with zero attached hydrogens (tertiary/aromatic N) is 2. The fourth-order valence-electron chi connectivity index (χ4n) is 1.82. The zero-order valence-corrected chi connectivity index (χ0v) is 12.9. The standard InChI is InChI=1S/C15H18BrN3/c1-3-7-17-10-12-6-8-18-15(19-12)13-5-4-11(2)9-14(13)16/h4-6,8-9,17H,3,7,10H2,1-2H3. The summed E-state index contributed by atoms with van der Waals surface area (Å²) in [4.78, 5) is 8.96. The van der Waals surface area contributed by atoms with E-state index in [0.29, 0.717) is 0 Å². The van der Waals surface area contributed by atoms with Gasteiger partial charge in [0.25, 0.3) is 0 Å². The van der Waals surface area contributed by atoms with Crippen LogP contribution in [0.1, 0.15) is 24.6 Å². The lowest BCUT2D eigenvalue weighted by atomic mass is 10.1. The lowest BCUT2D eigenvalue weighted by Gasteiger charge is -2.07. The van der Waals surface area contributed by atoms with Gasteiger partial charge >= 0.3 is 0 Å². The highest BCUT2D eigenvalue weighted by Gasteiger charge is 2.07. The maximum absolute atomic E-state index is 4.60. The first-order valence-electron chi connectivity index (χ1n) is 6.50. The van der Waals surface area contributed by atoms with E-state index in [-0.39, 0.29) is 0 Å². The number of nitrogens with one attached hydrogen (secondary N) is 1. The molecule has 0 amide bonds. The fraction of sp³-hybridized carbons (Fsp3) is 0.333. The zero-order chi connectivity index (χ0) is 13.7. The van der Waals surface area contributed by atoms with Crippen LogP contribution in [-0.4, -0.2) is 16.5 Å². The van der Waals surface area contributed by atoms with E-state index in [1.54, 1.807) is 0 Å². The first-order chi connectivity index (χ1) is 9.20. The van der Waals surface area contributed by atoms with Crippen molar-refractivity contribution < 1.29 is 0 Å². The fourth-order valence-corrected chi connectivity index (χ4v) is 2.49. The number of hydrogen-bond donors (Lipinski definition) is 1. The second-order valence-corrected chi connectivity index (χ2v) is 5.39. The summed E-state index contributed by atoms with van der Waals surface area (Å²) in [5.41, 5.74) is 3.27. The van der Waals surface area contributed by atoms with Gasteiger partial charge in [-0.2, -0.15) is 0 Å². The molecule has 0 unspecified atom stereocenters. The number of aryl methyl sites for hydroxylation is 1. The van der Waals surface area contributed by atoms with E-state index in [1.807, 2.05) is 12.3 Å². The van der Waals surface area contributed by atoms with Crippen LogP contribution in [0.4, 0.5) is 0 Å². The van der Waals surface area contributed by atoms with Gasteiger partial charge in [0.2, 0.25) is 0 Å². The van der Waals surface area contributed by atoms with Crippen molar-refractivity contribution in [3.63, 3.8) is 0 Å². The van der Waals surface area contributed by atoms with E-state index in [0.717, 1.165) is 41.1 Å². The molecule has 0 aliphatic heterocycles. The van der Waals surface area contributed by atoms with Gasteiger partial charge in [-0.15, -0.1) is 0 Å². The number of benzene rings is 1. The average molecular weight is 320 g/mol. The molecule has 19 heavy (non-hydrogen) atoms. The van der Waals surface area contributed by atoms with Crippen molar-refractivity contribution in [2.45, 2.75) is 26.8 Å². The van der Waals surface area contributed by atoms with Gasteiger partial charge < -0.3 is 5.32 Å². The van der Waals surface area contributed by atoms with E-state index in [2.05, 4.69) is 63.3 Å². The molecule has 3 nitrogen and oxygen atoms in total. The first-order valence-corrected chi connectivity index (χ1v) is 7.29. The third-order valence-electron chi connectivity index (χ3n) is 2.81. The second-order valence-electron chi connectivity index (χ2n) is 4.53. The Kier molecular flexibility index (Phi) is 5.05. The Labute approximate surface area is 122 Å². The largest absolute Gasteiger partial charge is 0.311 e. The zero-order valence-electron chi connectivity index (χ0n) is 11.3. The Balaban J connectivity index is 2.22. The summed E-state index contributed by atoms with van der Waals surface area (Å²) >= 11 is 3.58. The molecule has 0 bridgehead atoms. The molecule has 0 saturated carbocycles. The van der Waals surface area contributed by atoms with Crippen LogP contribution < -0.4 is 5.32 Å². The molecule has 1 aromatic heterocycles. The summed E-state index contributed by atoms with van der Waals surface area (Å²) in [5, 5.41) is 3.35. The van der Waals surface area contributed by atoms with Gasteiger partial charge in [-0.25, -0.2) is 9.97 Å². The van der Waals surface area contributed by atoms with Crippen LogP contribution >= 0.6 is 15.9 Å². The van der Waals surface area contributed by atoms with E-state index in [1.165, 1.54) is 5.56 Å². The monoisotopic (exact) mass is 319 g/mol. The van der Waals surface area contributed by atoms with Crippen molar-refractivity contribution in [1.29, 1.82) is 0 Å². The number of halogens is 1. The smallest absolute Gasteiger partial charge is 0.160 e.